The molecule has 2 heterocycles. The number of fused-ring (bicyclic) bond motifs is 1. The summed E-state index contributed by atoms with van der Waals surface area (Å²) in [7, 11) is 0. The first-order valence-electron chi connectivity index (χ1n) is 10.3. The number of nitrogens with zero attached hydrogens (tertiary/aromatic N) is 4. The fourth-order valence-electron chi connectivity index (χ4n) is 3.46. The number of aromatic nitrogens is 3. The average Bonchev–Trinajstić information content (AvgIpc) is 3.49. The molecule has 4 aromatic rings. The number of anilines is 1. The molecule has 0 atom stereocenters. The summed E-state index contributed by atoms with van der Waals surface area (Å²) in [6.45, 7) is 0.229. The minimum absolute atomic E-state index is 0.0784. The third kappa shape index (κ3) is 4.53. The van der Waals surface area contributed by atoms with Crippen LogP contribution in [0, 0.1) is 11.3 Å². The van der Waals surface area contributed by atoms with Crippen LogP contribution < -0.4 is 10.1 Å². The first-order valence-corrected chi connectivity index (χ1v) is 11.7. The Balaban J connectivity index is 1.27. The number of hydrogen-bond donors (Lipinski definition) is 1. The summed E-state index contributed by atoms with van der Waals surface area (Å²) in [5, 5.41) is 22.6. The Hall–Kier alpha value is -3.48. The van der Waals surface area contributed by atoms with Crippen molar-refractivity contribution >= 4 is 45.9 Å². The summed E-state index contributed by atoms with van der Waals surface area (Å²) < 4.78 is 13.4. The molecule has 0 aliphatic heterocycles. The van der Waals surface area contributed by atoms with Crippen molar-refractivity contribution in [3.8, 4) is 11.8 Å². The minimum atomic E-state index is -0.262. The van der Waals surface area contributed by atoms with Gasteiger partial charge in [-0.3, -0.25) is 9.36 Å². The number of carbonyl (C=O) groups is 1. The quantitative estimate of drug-likeness (QED) is 0.346. The molecule has 1 N–H and O–H groups in total. The number of ether oxygens (including phenoxy) is 1. The van der Waals surface area contributed by atoms with Gasteiger partial charge in [0.15, 0.2) is 11.0 Å². The third-order valence-electron chi connectivity index (χ3n) is 5.13. The van der Waals surface area contributed by atoms with Crippen molar-refractivity contribution in [2.45, 2.75) is 30.6 Å². The lowest BCUT2D eigenvalue weighted by atomic mass is 10.2. The molecule has 1 amide bonds. The predicted octanol–water partition coefficient (Wildman–Crippen LogP) is 5.19. The molecule has 2 aromatic heterocycles. The zero-order chi connectivity index (χ0) is 22.8. The van der Waals surface area contributed by atoms with Gasteiger partial charge in [0.25, 0.3) is 0 Å². The van der Waals surface area contributed by atoms with Gasteiger partial charge in [-0.15, -0.1) is 10.2 Å². The van der Waals surface area contributed by atoms with Crippen molar-refractivity contribution in [3.63, 3.8) is 0 Å². The summed E-state index contributed by atoms with van der Waals surface area (Å²) in [5.74, 6) is 1.20. The van der Waals surface area contributed by atoms with Gasteiger partial charge in [0.1, 0.15) is 29.7 Å². The van der Waals surface area contributed by atoms with Crippen LogP contribution in [0.2, 0.25) is 5.02 Å². The Bertz CT molecular complexity index is 1370. The number of nitrogens with one attached hydrogen (secondary N) is 1. The smallest absolute Gasteiger partial charge is 0.234 e. The molecule has 1 aliphatic carbocycles. The Kier molecular flexibility index (Phi) is 5.94. The molecule has 0 radical (unpaired) electrons. The predicted molar refractivity (Wildman–Crippen MR) is 124 cm³/mol. The van der Waals surface area contributed by atoms with E-state index in [0.717, 1.165) is 12.8 Å². The Labute approximate surface area is 198 Å². The lowest BCUT2D eigenvalue weighted by Gasteiger charge is -2.10. The average molecular weight is 480 g/mol. The number of furan rings is 1. The molecule has 1 saturated carbocycles. The van der Waals surface area contributed by atoms with Crippen molar-refractivity contribution in [2.24, 2.45) is 0 Å². The van der Waals surface area contributed by atoms with E-state index in [2.05, 4.69) is 15.5 Å². The SMILES string of the molecule is N#Cc1oc2ccccc2c1NC(=O)CSc1nnc(COc2ccccc2Cl)n1C1CC1. The molecule has 0 saturated heterocycles. The third-order valence-corrected chi connectivity index (χ3v) is 6.39. The van der Waals surface area contributed by atoms with Crippen LogP contribution in [0.1, 0.15) is 30.5 Å². The van der Waals surface area contributed by atoms with Crippen LogP contribution in [0.4, 0.5) is 5.69 Å². The number of hydrogen-bond acceptors (Lipinski definition) is 7. The van der Waals surface area contributed by atoms with Gasteiger partial charge in [0.2, 0.25) is 11.7 Å². The Morgan fingerprint density at radius 3 is 2.82 bits per heavy atom. The zero-order valence-electron chi connectivity index (χ0n) is 17.3. The zero-order valence-corrected chi connectivity index (χ0v) is 18.9. The number of para-hydroxylation sites is 2. The maximum absolute atomic E-state index is 12.7. The maximum Gasteiger partial charge on any atom is 0.234 e. The lowest BCUT2D eigenvalue weighted by molar-refractivity contribution is -0.113. The fourth-order valence-corrected chi connectivity index (χ4v) is 4.48. The minimum Gasteiger partial charge on any atom is -0.484 e. The van der Waals surface area contributed by atoms with Crippen molar-refractivity contribution in [2.75, 3.05) is 11.1 Å². The van der Waals surface area contributed by atoms with Gasteiger partial charge in [-0.05, 0) is 37.1 Å². The molecule has 0 spiro atoms. The number of carbonyl (C=O) groups excluding carboxylic acids is 1. The topological polar surface area (TPSA) is 106 Å². The summed E-state index contributed by atoms with van der Waals surface area (Å²) in [6.07, 6.45) is 2.06. The molecule has 166 valence electrons. The van der Waals surface area contributed by atoms with Crippen molar-refractivity contribution < 1.29 is 13.9 Å². The number of amides is 1. The van der Waals surface area contributed by atoms with E-state index in [4.69, 9.17) is 20.8 Å². The van der Waals surface area contributed by atoms with E-state index in [1.807, 2.05) is 34.9 Å². The van der Waals surface area contributed by atoms with Crippen LogP contribution in [0.5, 0.6) is 5.75 Å². The molecule has 0 unspecified atom stereocenters. The van der Waals surface area contributed by atoms with E-state index in [-0.39, 0.29) is 24.0 Å². The number of thioether (sulfide) groups is 1. The Morgan fingerprint density at radius 1 is 1.24 bits per heavy atom. The van der Waals surface area contributed by atoms with Crippen molar-refractivity contribution in [1.82, 2.24) is 14.8 Å². The van der Waals surface area contributed by atoms with Gasteiger partial charge >= 0.3 is 0 Å². The first-order chi connectivity index (χ1) is 16.1. The van der Waals surface area contributed by atoms with Gasteiger partial charge in [-0.2, -0.15) is 5.26 Å². The van der Waals surface area contributed by atoms with E-state index in [1.165, 1.54) is 11.8 Å². The molecule has 1 fully saturated rings. The lowest BCUT2D eigenvalue weighted by Crippen LogP contribution is -2.15. The molecular weight excluding hydrogens is 462 g/mol. The van der Waals surface area contributed by atoms with E-state index < -0.39 is 0 Å². The number of benzene rings is 2. The molecular formula is C23H18ClN5O3S. The van der Waals surface area contributed by atoms with Crippen LogP contribution in [0.3, 0.4) is 0 Å². The largest absolute Gasteiger partial charge is 0.484 e. The molecule has 8 nitrogen and oxygen atoms in total. The van der Waals surface area contributed by atoms with Gasteiger partial charge in [-0.25, -0.2) is 0 Å². The Morgan fingerprint density at radius 2 is 2.03 bits per heavy atom. The summed E-state index contributed by atoms with van der Waals surface area (Å²) >= 11 is 7.46. The van der Waals surface area contributed by atoms with Gasteiger partial charge in [0, 0.05) is 11.4 Å². The molecule has 5 rings (SSSR count). The standard InChI is InChI=1S/C23H18ClN5O3S/c24-16-6-2-4-8-18(16)31-12-20-27-28-23(29(20)14-9-10-14)33-13-21(30)26-22-15-5-1-3-7-17(15)32-19(22)11-25/h1-8,14H,9-10,12-13H2,(H,26,30). The molecule has 33 heavy (non-hydrogen) atoms. The highest BCUT2D eigenvalue weighted by Crippen LogP contribution is 2.39. The van der Waals surface area contributed by atoms with E-state index >= 15 is 0 Å². The summed E-state index contributed by atoms with van der Waals surface area (Å²) in [6, 6.07) is 16.8. The fraction of sp³-hybridized carbons (Fsp3) is 0.217. The monoisotopic (exact) mass is 479 g/mol. The van der Waals surface area contributed by atoms with Crippen LogP contribution in [0.25, 0.3) is 11.0 Å². The molecule has 2 aromatic carbocycles. The maximum atomic E-state index is 12.7. The van der Waals surface area contributed by atoms with Gasteiger partial charge in [0.05, 0.1) is 10.8 Å². The second-order valence-corrected chi connectivity index (χ2v) is 8.82. The summed E-state index contributed by atoms with van der Waals surface area (Å²) in [4.78, 5) is 12.7. The van der Waals surface area contributed by atoms with Gasteiger partial charge < -0.3 is 14.5 Å². The number of nitriles is 1. The van der Waals surface area contributed by atoms with Crippen molar-refractivity contribution in [3.05, 3.63) is 65.1 Å². The van der Waals surface area contributed by atoms with Crippen LogP contribution >= 0.6 is 23.4 Å². The highest BCUT2D eigenvalue weighted by Gasteiger charge is 2.30. The highest BCUT2D eigenvalue weighted by atomic mass is 35.5. The highest BCUT2D eigenvalue weighted by molar-refractivity contribution is 7.99. The second kappa shape index (κ2) is 9.17. The molecule has 0 bridgehead atoms. The normalized spacial score (nSPS) is 13.1. The van der Waals surface area contributed by atoms with Gasteiger partial charge in [-0.1, -0.05) is 47.6 Å². The summed E-state index contributed by atoms with van der Waals surface area (Å²) in [5.41, 5.74) is 0.935. The number of rotatable bonds is 8. The van der Waals surface area contributed by atoms with Crippen LogP contribution in [-0.2, 0) is 11.4 Å². The van der Waals surface area contributed by atoms with Crippen molar-refractivity contribution in [1.29, 1.82) is 5.26 Å². The molecule has 10 heteroatoms. The van der Waals surface area contributed by atoms with Crippen LogP contribution in [0.15, 0.2) is 58.1 Å². The second-order valence-electron chi connectivity index (χ2n) is 7.47. The first kappa shape index (κ1) is 21.4. The van der Waals surface area contributed by atoms with Crippen LogP contribution in [-0.4, -0.2) is 26.4 Å². The van der Waals surface area contributed by atoms with E-state index in [9.17, 15) is 10.1 Å². The van der Waals surface area contributed by atoms with E-state index in [1.54, 1.807) is 24.3 Å². The van der Waals surface area contributed by atoms with E-state index in [0.29, 0.717) is 44.5 Å². The number of halogens is 1. The molecule has 1 aliphatic rings.